The van der Waals surface area contributed by atoms with Gasteiger partial charge in [0.2, 0.25) is 0 Å². The highest BCUT2D eigenvalue weighted by molar-refractivity contribution is 5.94. The number of rotatable bonds is 6. The highest BCUT2D eigenvalue weighted by Gasteiger charge is 2.26. The third kappa shape index (κ3) is 4.56. The van der Waals surface area contributed by atoms with Gasteiger partial charge in [0.05, 0.1) is 7.11 Å². The molecule has 0 aliphatic carbocycles. The number of nitrogens with zero attached hydrogens (tertiary/aromatic N) is 1. The maximum Gasteiger partial charge on any atom is 0.254 e. The van der Waals surface area contributed by atoms with E-state index in [9.17, 15) is 4.79 Å². The van der Waals surface area contributed by atoms with Gasteiger partial charge in [-0.2, -0.15) is 0 Å². The van der Waals surface area contributed by atoms with E-state index in [1.54, 1.807) is 7.11 Å². The fourth-order valence-electron chi connectivity index (χ4n) is 3.39. The largest absolute Gasteiger partial charge is 0.493 e. The molecule has 1 aliphatic heterocycles. The Morgan fingerprint density at radius 1 is 1.18 bits per heavy atom. The zero-order chi connectivity index (χ0) is 20.3. The van der Waals surface area contributed by atoms with Crippen LogP contribution in [0.1, 0.15) is 49.2 Å². The summed E-state index contributed by atoms with van der Waals surface area (Å²) in [5.74, 6) is 1.86. The van der Waals surface area contributed by atoms with Gasteiger partial charge in [0.25, 0.3) is 5.91 Å². The first-order chi connectivity index (χ1) is 13.3. The molecule has 0 saturated heterocycles. The predicted octanol–water partition coefficient (Wildman–Crippen LogP) is 5.18. The molecule has 1 heterocycles. The lowest BCUT2D eigenvalue weighted by Crippen LogP contribution is -2.34. The minimum absolute atomic E-state index is 0.0407. The summed E-state index contributed by atoms with van der Waals surface area (Å²) in [6.45, 7) is 9.49. The van der Waals surface area contributed by atoms with E-state index < -0.39 is 0 Å². The minimum atomic E-state index is -0.366. The molecule has 0 fully saturated rings. The number of carbonyl (C=O) groups excluding carboxylic acids is 1. The van der Waals surface area contributed by atoms with Crippen LogP contribution in [0.15, 0.2) is 48.5 Å². The van der Waals surface area contributed by atoms with Crippen molar-refractivity contribution in [2.24, 2.45) is 5.92 Å². The van der Waals surface area contributed by atoms with E-state index in [0.29, 0.717) is 30.3 Å². The predicted molar refractivity (Wildman–Crippen MR) is 113 cm³/mol. The number of benzene rings is 2. The van der Waals surface area contributed by atoms with Crippen molar-refractivity contribution in [3.63, 3.8) is 0 Å². The highest BCUT2D eigenvalue weighted by Crippen LogP contribution is 2.40. The van der Waals surface area contributed by atoms with Crippen molar-refractivity contribution < 1.29 is 14.3 Å². The van der Waals surface area contributed by atoms with Crippen LogP contribution in [0, 0.1) is 5.92 Å². The van der Waals surface area contributed by atoms with E-state index in [1.165, 1.54) is 0 Å². The molecule has 0 N–H and O–H groups in total. The Bertz CT molecular complexity index is 869. The van der Waals surface area contributed by atoms with Gasteiger partial charge in [0, 0.05) is 24.2 Å². The summed E-state index contributed by atoms with van der Waals surface area (Å²) >= 11 is 0. The maximum atomic E-state index is 13.1. The van der Waals surface area contributed by atoms with E-state index in [-0.39, 0.29) is 11.5 Å². The first-order valence-electron chi connectivity index (χ1n) is 9.72. The molecule has 1 amide bonds. The van der Waals surface area contributed by atoms with Crippen molar-refractivity contribution in [2.45, 2.75) is 39.8 Å². The molecule has 0 radical (unpaired) electrons. The van der Waals surface area contributed by atoms with Crippen LogP contribution in [-0.4, -0.2) is 30.1 Å². The van der Waals surface area contributed by atoms with Gasteiger partial charge < -0.3 is 14.4 Å². The standard InChI is InChI=1S/C24H29NO3/c1-17(2)15-25(23(26)19-9-7-6-8-10-19)16-18-13-20-11-12-24(3,4)28-22(20)21(14-18)27-5/h6-14,17H,15-16H2,1-5H3. The van der Waals surface area contributed by atoms with Crippen molar-refractivity contribution in [2.75, 3.05) is 13.7 Å². The first kappa shape index (κ1) is 20.0. The quantitative estimate of drug-likeness (QED) is 0.694. The molecule has 3 rings (SSSR count). The third-order valence-electron chi connectivity index (χ3n) is 4.66. The Morgan fingerprint density at radius 2 is 1.89 bits per heavy atom. The van der Waals surface area contributed by atoms with Gasteiger partial charge in [-0.05, 0) is 55.7 Å². The molecular weight excluding hydrogens is 350 g/mol. The van der Waals surface area contributed by atoms with E-state index in [0.717, 1.165) is 16.9 Å². The number of hydrogen-bond acceptors (Lipinski definition) is 3. The van der Waals surface area contributed by atoms with Gasteiger partial charge in [-0.25, -0.2) is 0 Å². The molecule has 0 aromatic heterocycles. The van der Waals surface area contributed by atoms with Gasteiger partial charge in [-0.15, -0.1) is 0 Å². The number of hydrogen-bond donors (Lipinski definition) is 0. The first-order valence-corrected chi connectivity index (χ1v) is 9.72. The van der Waals surface area contributed by atoms with Crippen molar-refractivity contribution in [3.05, 3.63) is 65.2 Å². The average Bonchev–Trinajstić information content (AvgIpc) is 2.66. The summed E-state index contributed by atoms with van der Waals surface area (Å²) in [5.41, 5.74) is 2.34. The Morgan fingerprint density at radius 3 is 2.54 bits per heavy atom. The molecule has 0 spiro atoms. The second-order valence-corrected chi connectivity index (χ2v) is 8.20. The van der Waals surface area contributed by atoms with E-state index in [4.69, 9.17) is 9.47 Å². The lowest BCUT2D eigenvalue weighted by Gasteiger charge is -2.30. The molecule has 0 bridgehead atoms. The molecule has 0 unspecified atom stereocenters. The van der Waals surface area contributed by atoms with Crippen LogP contribution in [0.25, 0.3) is 6.08 Å². The lowest BCUT2D eigenvalue weighted by molar-refractivity contribution is 0.0722. The Hall–Kier alpha value is -2.75. The van der Waals surface area contributed by atoms with Crippen LogP contribution < -0.4 is 9.47 Å². The second kappa shape index (κ2) is 8.09. The van der Waals surface area contributed by atoms with Crippen LogP contribution >= 0.6 is 0 Å². The van der Waals surface area contributed by atoms with E-state index in [2.05, 4.69) is 26.0 Å². The second-order valence-electron chi connectivity index (χ2n) is 8.20. The fraction of sp³-hybridized carbons (Fsp3) is 0.375. The molecule has 2 aromatic carbocycles. The fourth-order valence-corrected chi connectivity index (χ4v) is 3.39. The number of methoxy groups -OCH3 is 1. The highest BCUT2D eigenvalue weighted by atomic mass is 16.5. The lowest BCUT2D eigenvalue weighted by atomic mass is 9.99. The van der Waals surface area contributed by atoms with Crippen LogP contribution in [0.4, 0.5) is 0 Å². The molecule has 28 heavy (non-hydrogen) atoms. The third-order valence-corrected chi connectivity index (χ3v) is 4.66. The monoisotopic (exact) mass is 379 g/mol. The van der Waals surface area contributed by atoms with Crippen molar-refractivity contribution in [3.8, 4) is 11.5 Å². The number of carbonyl (C=O) groups is 1. The summed E-state index contributed by atoms with van der Waals surface area (Å²) in [4.78, 5) is 15.0. The van der Waals surface area contributed by atoms with Gasteiger partial charge in [0.15, 0.2) is 11.5 Å². The van der Waals surface area contributed by atoms with Crippen LogP contribution in [0.5, 0.6) is 11.5 Å². The molecule has 2 aromatic rings. The van der Waals surface area contributed by atoms with Gasteiger partial charge in [-0.3, -0.25) is 4.79 Å². The normalized spacial score (nSPS) is 14.4. The van der Waals surface area contributed by atoms with E-state index in [1.807, 2.05) is 61.2 Å². The Balaban J connectivity index is 1.92. The minimum Gasteiger partial charge on any atom is -0.493 e. The number of fused-ring (bicyclic) bond motifs is 1. The maximum absolute atomic E-state index is 13.1. The van der Waals surface area contributed by atoms with Crippen LogP contribution in [0.2, 0.25) is 0 Å². The van der Waals surface area contributed by atoms with E-state index >= 15 is 0 Å². The SMILES string of the molecule is COc1cc(CN(CC(C)C)C(=O)c2ccccc2)cc2c1OC(C)(C)C=C2. The summed E-state index contributed by atoms with van der Waals surface area (Å²) < 4.78 is 11.7. The van der Waals surface area contributed by atoms with Crippen molar-refractivity contribution >= 4 is 12.0 Å². The van der Waals surface area contributed by atoms with Crippen molar-refractivity contribution in [1.82, 2.24) is 4.90 Å². The molecule has 0 atom stereocenters. The summed E-state index contributed by atoms with van der Waals surface area (Å²) in [7, 11) is 1.65. The Labute approximate surface area is 167 Å². The van der Waals surface area contributed by atoms with Gasteiger partial charge in [0.1, 0.15) is 5.60 Å². The number of amides is 1. The molecule has 148 valence electrons. The van der Waals surface area contributed by atoms with Crippen molar-refractivity contribution in [1.29, 1.82) is 0 Å². The number of ether oxygens (including phenoxy) is 2. The Kier molecular flexibility index (Phi) is 5.78. The molecular formula is C24H29NO3. The topological polar surface area (TPSA) is 38.8 Å². The molecule has 4 nitrogen and oxygen atoms in total. The van der Waals surface area contributed by atoms with Crippen LogP contribution in [0.3, 0.4) is 0 Å². The van der Waals surface area contributed by atoms with Gasteiger partial charge >= 0.3 is 0 Å². The average molecular weight is 380 g/mol. The van der Waals surface area contributed by atoms with Gasteiger partial charge in [-0.1, -0.05) is 38.1 Å². The zero-order valence-corrected chi connectivity index (χ0v) is 17.4. The zero-order valence-electron chi connectivity index (χ0n) is 17.4. The summed E-state index contributed by atoms with van der Waals surface area (Å²) in [6, 6.07) is 13.5. The summed E-state index contributed by atoms with van der Waals surface area (Å²) in [6.07, 6.45) is 4.11. The molecule has 0 saturated carbocycles. The molecule has 4 heteroatoms. The smallest absolute Gasteiger partial charge is 0.254 e. The molecule has 1 aliphatic rings. The summed E-state index contributed by atoms with van der Waals surface area (Å²) in [5, 5.41) is 0. The van der Waals surface area contributed by atoms with Crippen LogP contribution in [-0.2, 0) is 6.54 Å².